The van der Waals surface area contributed by atoms with Gasteiger partial charge in [0.15, 0.2) is 0 Å². The monoisotopic (exact) mass is 357 g/mol. The molecule has 1 heterocycles. The number of benzene rings is 1. The highest BCUT2D eigenvalue weighted by atomic mass is 16.5. The molecule has 1 aromatic carbocycles. The third-order valence-corrected chi connectivity index (χ3v) is 5.33. The van der Waals surface area contributed by atoms with Gasteiger partial charge in [0, 0.05) is 35.7 Å². The summed E-state index contributed by atoms with van der Waals surface area (Å²) >= 11 is 0. The SMILES string of the molecule is CCOc1cc2c(cc1/C=C/C(=O)N(C1CC1)C(C)C(C)C)OC(C)C2. The van der Waals surface area contributed by atoms with Crippen LogP contribution in [0.2, 0.25) is 0 Å². The smallest absolute Gasteiger partial charge is 0.247 e. The van der Waals surface area contributed by atoms with Gasteiger partial charge in [-0.3, -0.25) is 4.79 Å². The predicted octanol–water partition coefficient (Wildman–Crippen LogP) is 4.46. The second kappa shape index (κ2) is 7.73. The predicted molar refractivity (Wildman–Crippen MR) is 105 cm³/mol. The van der Waals surface area contributed by atoms with Crippen molar-refractivity contribution in [3.63, 3.8) is 0 Å². The van der Waals surface area contributed by atoms with Crippen LogP contribution < -0.4 is 9.47 Å². The Morgan fingerprint density at radius 1 is 1.35 bits per heavy atom. The highest BCUT2D eigenvalue weighted by Crippen LogP contribution is 2.36. The third-order valence-electron chi connectivity index (χ3n) is 5.33. The summed E-state index contributed by atoms with van der Waals surface area (Å²) in [4.78, 5) is 14.9. The van der Waals surface area contributed by atoms with Crippen molar-refractivity contribution in [2.24, 2.45) is 5.92 Å². The minimum Gasteiger partial charge on any atom is -0.493 e. The van der Waals surface area contributed by atoms with Crippen LogP contribution in [-0.4, -0.2) is 35.6 Å². The number of nitrogens with zero attached hydrogens (tertiary/aromatic N) is 1. The molecule has 0 aromatic heterocycles. The van der Waals surface area contributed by atoms with Crippen molar-refractivity contribution in [3.8, 4) is 11.5 Å². The first-order chi connectivity index (χ1) is 12.4. The highest BCUT2D eigenvalue weighted by molar-refractivity contribution is 5.93. The van der Waals surface area contributed by atoms with Crippen LogP contribution in [0.4, 0.5) is 0 Å². The Bertz CT molecular complexity index is 691. The van der Waals surface area contributed by atoms with Crippen molar-refractivity contribution in [2.75, 3.05) is 6.61 Å². The van der Waals surface area contributed by atoms with E-state index in [4.69, 9.17) is 9.47 Å². The number of hydrogen-bond acceptors (Lipinski definition) is 3. The lowest BCUT2D eigenvalue weighted by atomic mass is 10.0. The van der Waals surface area contributed by atoms with E-state index in [1.807, 2.05) is 24.0 Å². The van der Waals surface area contributed by atoms with Crippen LogP contribution >= 0.6 is 0 Å². The Morgan fingerprint density at radius 3 is 2.69 bits per heavy atom. The number of fused-ring (bicyclic) bond motifs is 1. The van der Waals surface area contributed by atoms with Crippen LogP contribution in [0.25, 0.3) is 6.08 Å². The molecular weight excluding hydrogens is 326 g/mol. The summed E-state index contributed by atoms with van der Waals surface area (Å²) < 4.78 is 11.7. The third kappa shape index (κ3) is 4.05. The summed E-state index contributed by atoms with van der Waals surface area (Å²) in [6.45, 7) is 11.1. The average Bonchev–Trinajstić information content (AvgIpc) is 3.34. The minimum absolute atomic E-state index is 0.0888. The Kier molecular flexibility index (Phi) is 5.59. The number of carbonyl (C=O) groups excluding carboxylic acids is 1. The van der Waals surface area contributed by atoms with Gasteiger partial charge in [-0.2, -0.15) is 0 Å². The van der Waals surface area contributed by atoms with E-state index >= 15 is 0 Å². The van der Waals surface area contributed by atoms with Crippen molar-refractivity contribution in [3.05, 3.63) is 29.3 Å². The first-order valence-corrected chi connectivity index (χ1v) is 9.87. The van der Waals surface area contributed by atoms with Crippen molar-refractivity contribution in [1.29, 1.82) is 0 Å². The van der Waals surface area contributed by atoms with Gasteiger partial charge in [0.25, 0.3) is 0 Å². The Morgan fingerprint density at radius 2 is 2.08 bits per heavy atom. The van der Waals surface area contributed by atoms with Crippen molar-refractivity contribution >= 4 is 12.0 Å². The van der Waals surface area contributed by atoms with E-state index < -0.39 is 0 Å². The van der Waals surface area contributed by atoms with Gasteiger partial charge in [0.05, 0.1) is 6.61 Å². The Labute approximate surface area is 157 Å². The van der Waals surface area contributed by atoms with E-state index in [1.54, 1.807) is 6.08 Å². The molecule has 2 atom stereocenters. The molecule has 0 N–H and O–H groups in total. The molecule has 0 radical (unpaired) electrons. The maximum absolute atomic E-state index is 12.9. The number of carbonyl (C=O) groups is 1. The van der Waals surface area contributed by atoms with Gasteiger partial charge in [-0.1, -0.05) is 13.8 Å². The summed E-state index contributed by atoms with van der Waals surface area (Å²) in [6.07, 6.45) is 6.90. The summed E-state index contributed by atoms with van der Waals surface area (Å²) in [6, 6.07) is 4.71. The number of ether oxygens (including phenoxy) is 2. The van der Waals surface area contributed by atoms with Crippen LogP contribution in [0.1, 0.15) is 58.6 Å². The van der Waals surface area contributed by atoms with Crippen LogP contribution in [0, 0.1) is 5.92 Å². The zero-order valence-corrected chi connectivity index (χ0v) is 16.6. The van der Waals surface area contributed by atoms with Crippen molar-refractivity contribution < 1.29 is 14.3 Å². The van der Waals surface area contributed by atoms with Gasteiger partial charge >= 0.3 is 0 Å². The molecule has 1 aliphatic carbocycles. The molecule has 2 unspecified atom stereocenters. The highest BCUT2D eigenvalue weighted by Gasteiger charge is 2.35. The number of amides is 1. The molecule has 0 spiro atoms. The maximum atomic E-state index is 12.9. The second-order valence-corrected chi connectivity index (χ2v) is 7.86. The molecule has 1 amide bonds. The second-order valence-electron chi connectivity index (χ2n) is 7.86. The topological polar surface area (TPSA) is 38.8 Å². The summed E-state index contributed by atoms with van der Waals surface area (Å²) in [5.41, 5.74) is 2.08. The summed E-state index contributed by atoms with van der Waals surface area (Å²) in [7, 11) is 0. The largest absolute Gasteiger partial charge is 0.493 e. The van der Waals surface area contributed by atoms with Gasteiger partial charge in [0.2, 0.25) is 5.91 Å². The molecule has 3 rings (SSSR count). The maximum Gasteiger partial charge on any atom is 0.247 e. The molecule has 142 valence electrons. The normalized spacial score (nSPS) is 20.2. The van der Waals surface area contributed by atoms with Crippen LogP contribution in [0.5, 0.6) is 11.5 Å². The quantitative estimate of drug-likeness (QED) is 0.677. The van der Waals surface area contributed by atoms with Gasteiger partial charge in [-0.15, -0.1) is 0 Å². The fraction of sp³-hybridized carbons (Fsp3) is 0.591. The average molecular weight is 357 g/mol. The van der Waals surface area contributed by atoms with Gasteiger partial charge in [-0.25, -0.2) is 0 Å². The zero-order chi connectivity index (χ0) is 18.8. The standard InChI is InChI=1S/C22H31NO3/c1-6-25-20-13-18-11-15(4)26-21(18)12-17(20)7-10-22(24)23(19-8-9-19)16(5)14(2)3/h7,10,12-16,19H,6,8-9,11H2,1-5H3/b10-7+. The van der Waals surface area contributed by atoms with Crippen LogP contribution in [-0.2, 0) is 11.2 Å². The van der Waals surface area contributed by atoms with Crippen molar-refractivity contribution in [1.82, 2.24) is 4.90 Å². The van der Waals surface area contributed by atoms with E-state index in [0.717, 1.165) is 36.3 Å². The zero-order valence-electron chi connectivity index (χ0n) is 16.6. The van der Waals surface area contributed by atoms with E-state index in [2.05, 4.69) is 33.8 Å². The Balaban J connectivity index is 1.82. The molecule has 1 aromatic rings. The fourth-order valence-electron chi connectivity index (χ4n) is 3.50. The first-order valence-electron chi connectivity index (χ1n) is 9.87. The van der Waals surface area contributed by atoms with Gasteiger partial charge < -0.3 is 14.4 Å². The fourth-order valence-corrected chi connectivity index (χ4v) is 3.50. The molecule has 1 aliphatic heterocycles. The van der Waals surface area contributed by atoms with Gasteiger partial charge in [-0.05, 0) is 57.7 Å². The molecule has 0 bridgehead atoms. The number of hydrogen-bond donors (Lipinski definition) is 0. The molecule has 0 saturated heterocycles. The molecule has 4 heteroatoms. The molecular formula is C22H31NO3. The lowest BCUT2D eigenvalue weighted by Crippen LogP contribution is -2.42. The van der Waals surface area contributed by atoms with Crippen LogP contribution in [0.3, 0.4) is 0 Å². The van der Waals surface area contributed by atoms with E-state index in [9.17, 15) is 4.79 Å². The molecule has 2 aliphatic rings. The first kappa shape index (κ1) is 18.8. The van der Waals surface area contributed by atoms with Gasteiger partial charge in [0.1, 0.15) is 17.6 Å². The molecule has 1 fully saturated rings. The number of rotatable bonds is 7. The van der Waals surface area contributed by atoms with E-state index in [0.29, 0.717) is 18.6 Å². The molecule has 26 heavy (non-hydrogen) atoms. The van der Waals surface area contributed by atoms with E-state index in [-0.39, 0.29) is 18.1 Å². The summed E-state index contributed by atoms with van der Waals surface area (Å²) in [5.74, 6) is 2.26. The Hall–Kier alpha value is -1.97. The van der Waals surface area contributed by atoms with Crippen LogP contribution in [0.15, 0.2) is 18.2 Å². The van der Waals surface area contributed by atoms with Crippen molar-refractivity contribution in [2.45, 2.75) is 72.1 Å². The minimum atomic E-state index is 0.0888. The lowest BCUT2D eigenvalue weighted by molar-refractivity contribution is -0.129. The van der Waals surface area contributed by atoms with E-state index in [1.165, 1.54) is 5.56 Å². The summed E-state index contributed by atoms with van der Waals surface area (Å²) in [5, 5.41) is 0. The molecule has 1 saturated carbocycles. The molecule has 4 nitrogen and oxygen atoms in total. The lowest BCUT2D eigenvalue weighted by Gasteiger charge is -2.31.